The molecule has 0 unspecified atom stereocenters. The average molecular weight is 437 g/mol. The van der Waals surface area contributed by atoms with Gasteiger partial charge in [-0.1, -0.05) is 61.2 Å². The Kier molecular flexibility index (Phi) is 6.13. The van der Waals surface area contributed by atoms with E-state index in [1.165, 1.54) is 11.8 Å². The summed E-state index contributed by atoms with van der Waals surface area (Å²) in [6, 6.07) is 16.3. The number of allylic oxidation sites excluding steroid dienone is 1. The predicted octanol–water partition coefficient (Wildman–Crippen LogP) is 4.48. The van der Waals surface area contributed by atoms with Crippen molar-refractivity contribution in [2.45, 2.75) is 38.2 Å². The number of thioether (sulfide) groups is 1. The molecule has 6 nitrogen and oxygen atoms in total. The molecule has 2 aliphatic heterocycles. The topological polar surface area (TPSA) is 68.2 Å². The average Bonchev–Trinajstić information content (AvgIpc) is 3.12. The van der Waals surface area contributed by atoms with E-state index in [0.717, 1.165) is 11.1 Å². The van der Waals surface area contributed by atoms with Crippen LogP contribution in [0.4, 0.5) is 0 Å². The van der Waals surface area contributed by atoms with Gasteiger partial charge < -0.3 is 9.47 Å². The minimum atomic E-state index is -0.585. The fraction of sp³-hybridized carbons (Fsp3) is 0.292. The first-order valence-electron chi connectivity index (χ1n) is 10.2. The predicted molar refractivity (Wildman–Crippen MR) is 121 cm³/mol. The third-order valence-electron chi connectivity index (χ3n) is 5.39. The molecule has 31 heavy (non-hydrogen) atoms. The molecule has 7 heteroatoms. The Bertz CT molecular complexity index is 1050. The molecular weight excluding hydrogens is 412 g/mol. The number of benzene rings is 2. The van der Waals surface area contributed by atoms with Gasteiger partial charge in [-0.3, -0.25) is 9.69 Å². The zero-order chi connectivity index (χ0) is 22.0. The standard InChI is InChI=1S/C24H24N2O4S/c1-4-19-22(27)26-21(17-10-12-18(29-3)13-11-17)20(15(2)25-24(26)31-19)23(28)30-14-16-8-6-5-7-9-16/h5-13,19,21H,4,14H2,1-3H3/t19-,21+/m1/s1. The van der Waals surface area contributed by atoms with E-state index >= 15 is 0 Å². The van der Waals surface area contributed by atoms with Crippen LogP contribution in [-0.4, -0.2) is 34.3 Å². The molecule has 0 aromatic heterocycles. The smallest absolute Gasteiger partial charge is 0.338 e. The summed E-state index contributed by atoms with van der Waals surface area (Å²) in [5.41, 5.74) is 2.66. The zero-order valence-corrected chi connectivity index (χ0v) is 18.5. The molecule has 0 spiro atoms. The molecule has 1 saturated heterocycles. The van der Waals surface area contributed by atoms with Crippen molar-refractivity contribution in [1.29, 1.82) is 0 Å². The molecule has 0 radical (unpaired) electrons. The molecule has 1 fully saturated rings. The molecule has 0 aliphatic carbocycles. The highest BCUT2D eigenvalue weighted by atomic mass is 32.2. The lowest BCUT2D eigenvalue weighted by Gasteiger charge is -2.33. The van der Waals surface area contributed by atoms with Crippen LogP contribution in [0, 0.1) is 0 Å². The highest BCUT2D eigenvalue weighted by Gasteiger charge is 2.47. The van der Waals surface area contributed by atoms with E-state index in [0.29, 0.717) is 28.6 Å². The number of hydrogen-bond donors (Lipinski definition) is 0. The van der Waals surface area contributed by atoms with Crippen LogP contribution in [0.1, 0.15) is 37.4 Å². The Hall–Kier alpha value is -3.06. The Morgan fingerprint density at radius 1 is 1.13 bits per heavy atom. The van der Waals surface area contributed by atoms with E-state index in [9.17, 15) is 9.59 Å². The maximum absolute atomic E-state index is 13.2. The van der Waals surface area contributed by atoms with Crippen LogP contribution < -0.4 is 4.74 Å². The minimum absolute atomic E-state index is 0.0343. The molecule has 2 atom stereocenters. The van der Waals surface area contributed by atoms with Crippen molar-refractivity contribution >= 4 is 28.8 Å². The van der Waals surface area contributed by atoms with Gasteiger partial charge in [0.1, 0.15) is 12.4 Å². The fourth-order valence-corrected chi connectivity index (χ4v) is 4.89. The number of carbonyl (C=O) groups excluding carboxylic acids is 2. The zero-order valence-electron chi connectivity index (χ0n) is 17.7. The van der Waals surface area contributed by atoms with Crippen LogP contribution in [0.2, 0.25) is 0 Å². The van der Waals surface area contributed by atoms with Crippen molar-refractivity contribution in [2.75, 3.05) is 7.11 Å². The van der Waals surface area contributed by atoms with Gasteiger partial charge in [0, 0.05) is 0 Å². The fourth-order valence-electron chi connectivity index (χ4n) is 3.75. The minimum Gasteiger partial charge on any atom is -0.497 e. The van der Waals surface area contributed by atoms with Gasteiger partial charge in [0.25, 0.3) is 0 Å². The number of methoxy groups -OCH3 is 1. The molecular formula is C24H24N2O4S. The summed E-state index contributed by atoms with van der Waals surface area (Å²) < 4.78 is 10.9. The van der Waals surface area contributed by atoms with Crippen molar-refractivity contribution in [3.05, 3.63) is 77.0 Å². The number of nitrogens with zero attached hydrogens (tertiary/aromatic N) is 2. The van der Waals surface area contributed by atoms with Crippen molar-refractivity contribution < 1.29 is 19.1 Å². The van der Waals surface area contributed by atoms with E-state index in [1.807, 2.05) is 61.5 Å². The van der Waals surface area contributed by atoms with Gasteiger partial charge in [-0.15, -0.1) is 0 Å². The summed E-state index contributed by atoms with van der Waals surface area (Å²) in [6.45, 7) is 3.93. The Labute approximate surface area is 185 Å². The second-order valence-corrected chi connectivity index (χ2v) is 8.52. The number of esters is 1. The maximum atomic E-state index is 13.2. The first-order chi connectivity index (χ1) is 15.0. The largest absolute Gasteiger partial charge is 0.497 e. The second-order valence-electron chi connectivity index (χ2n) is 7.35. The van der Waals surface area contributed by atoms with Gasteiger partial charge >= 0.3 is 5.97 Å². The number of rotatable bonds is 6. The van der Waals surface area contributed by atoms with Gasteiger partial charge in [-0.05, 0) is 36.6 Å². The molecule has 2 heterocycles. The highest BCUT2D eigenvalue weighted by Crippen LogP contribution is 2.44. The third kappa shape index (κ3) is 4.10. The summed E-state index contributed by atoms with van der Waals surface area (Å²) in [7, 11) is 1.60. The summed E-state index contributed by atoms with van der Waals surface area (Å²) in [6.07, 6.45) is 0.696. The Morgan fingerprint density at radius 3 is 2.48 bits per heavy atom. The number of fused-ring (bicyclic) bond motifs is 1. The Morgan fingerprint density at radius 2 is 1.84 bits per heavy atom. The first kappa shape index (κ1) is 21.2. The number of ether oxygens (including phenoxy) is 2. The number of amides is 1. The normalized spacial score (nSPS) is 20.4. The van der Waals surface area contributed by atoms with E-state index in [1.54, 1.807) is 18.9 Å². The number of amidine groups is 1. The molecule has 1 amide bonds. The molecule has 2 aromatic rings. The summed E-state index contributed by atoms with van der Waals surface area (Å²) in [4.78, 5) is 32.6. The summed E-state index contributed by atoms with van der Waals surface area (Å²) in [5.74, 6) is 0.201. The van der Waals surface area contributed by atoms with Crippen LogP contribution in [0.3, 0.4) is 0 Å². The summed E-state index contributed by atoms with van der Waals surface area (Å²) >= 11 is 1.45. The van der Waals surface area contributed by atoms with Gasteiger partial charge in [-0.25, -0.2) is 9.79 Å². The first-order valence-corrected chi connectivity index (χ1v) is 11.1. The quantitative estimate of drug-likeness (QED) is 0.625. The lowest BCUT2D eigenvalue weighted by Crippen LogP contribution is -2.40. The molecule has 4 rings (SSSR count). The van der Waals surface area contributed by atoms with E-state index < -0.39 is 12.0 Å². The maximum Gasteiger partial charge on any atom is 0.338 e. The third-order valence-corrected chi connectivity index (χ3v) is 6.70. The number of aliphatic imine (C=N–C) groups is 1. The number of hydrogen-bond acceptors (Lipinski definition) is 6. The molecule has 2 aromatic carbocycles. The lowest BCUT2D eigenvalue weighted by atomic mass is 9.94. The van der Waals surface area contributed by atoms with Gasteiger partial charge in [-0.2, -0.15) is 0 Å². The van der Waals surface area contributed by atoms with E-state index in [2.05, 4.69) is 4.99 Å². The monoisotopic (exact) mass is 436 g/mol. The van der Waals surface area contributed by atoms with Crippen LogP contribution in [0.15, 0.2) is 70.9 Å². The van der Waals surface area contributed by atoms with Crippen molar-refractivity contribution in [1.82, 2.24) is 4.90 Å². The molecule has 160 valence electrons. The lowest BCUT2D eigenvalue weighted by molar-refractivity contribution is -0.141. The Balaban J connectivity index is 1.70. The van der Waals surface area contributed by atoms with Crippen molar-refractivity contribution in [3.8, 4) is 5.75 Å². The molecule has 0 saturated carbocycles. The van der Waals surface area contributed by atoms with Crippen LogP contribution in [-0.2, 0) is 20.9 Å². The highest BCUT2D eigenvalue weighted by molar-refractivity contribution is 8.15. The second kappa shape index (κ2) is 8.98. The van der Waals surface area contributed by atoms with Crippen LogP contribution in [0.25, 0.3) is 0 Å². The van der Waals surface area contributed by atoms with Gasteiger partial charge in [0.05, 0.1) is 29.7 Å². The van der Waals surface area contributed by atoms with Crippen LogP contribution >= 0.6 is 11.8 Å². The van der Waals surface area contributed by atoms with E-state index in [-0.39, 0.29) is 17.8 Å². The van der Waals surface area contributed by atoms with Crippen molar-refractivity contribution in [2.24, 2.45) is 4.99 Å². The van der Waals surface area contributed by atoms with Crippen LogP contribution in [0.5, 0.6) is 5.75 Å². The number of carbonyl (C=O) groups is 2. The molecule has 2 aliphatic rings. The molecule has 0 N–H and O–H groups in total. The SMILES string of the molecule is CC[C@H]1SC2=NC(C)=C(C(=O)OCc3ccccc3)[C@H](c3ccc(OC)cc3)N2C1=O. The van der Waals surface area contributed by atoms with E-state index in [4.69, 9.17) is 9.47 Å². The molecule has 0 bridgehead atoms. The van der Waals surface area contributed by atoms with Gasteiger partial charge in [0.15, 0.2) is 5.17 Å². The van der Waals surface area contributed by atoms with Crippen molar-refractivity contribution in [3.63, 3.8) is 0 Å². The van der Waals surface area contributed by atoms with Gasteiger partial charge in [0.2, 0.25) is 5.91 Å². The summed E-state index contributed by atoms with van der Waals surface area (Å²) in [5, 5.41) is 0.432.